The van der Waals surface area contributed by atoms with Crippen LogP contribution in [0.1, 0.15) is 63.5 Å². The number of ether oxygens (including phenoxy) is 1. The normalized spacial score (nSPS) is 16.9. The molecule has 1 saturated carbocycles. The van der Waals surface area contributed by atoms with Gasteiger partial charge in [-0.3, -0.25) is 9.59 Å². The number of fused-ring (bicyclic) bond motifs is 3. The van der Waals surface area contributed by atoms with Gasteiger partial charge in [0.1, 0.15) is 12.6 Å². The van der Waals surface area contributed by atoms with Crippen molar-refractivity contribution < 1.29 is 24.2 Å². The zero-order valence-corrected chi connectivity index (χ0v) is 20.5. The van der Waals surface area contributed by atoms with Crippen molar-refractivity contribution in [3.63, 3.8) is 0 Å². The quantitative estimate of drug-likeness (QED) is 0.510. The number of alkyl carbamates (subject to hydrolysis) is 1. The molecule has 2 atom stereocenters. The molecule has 2 unspecified atom stereocenters. The molecule has 0 bridgehead atoms. The van der Waals surface area contributed by atoms with E-state index in [1.54, 1.807) is 0 Å². The molecule has 0 aromatic heterocycles. The van der Waals surface area contributed by atoms with Crippen molar-refractivity contribution in [2.24, 2.45) is 11.3 Å². The molecule has 7 nitrogen and oxygen atoms in total. The van der Waals surface area contributed by atoms with Gasteiger partial charge in [0.15, 0.2) is 0 Å². The number of hydrogen-bond donors (Lipinski definition) is 3. The largest absolute Gasteiger partial charge is 0.481 e. The molecule has 35 heavy (non-hydrogen) atoms. The van der Waals surface area contributed by atoms with Crippen LogP contribution in [0.15, 0.2) is 48.5 Å². The van der Waals surface area contributed by atoms with Gasteiger partial charge in [-0.25, -0.2) is 4.79 Å². The zero-order valence-electron chi connectivity index (χ0n) is 20.5. The minimum absolute atomic E-state index is 0.0147. The lowest BCUT2D eigenvalue weighted by atomic mass is 9.78. The minimum atomic E-state index is -0.977. The first-order valence-electron chi connectivity index (χ1n) is 12.3. The molecule has 4 rings (SSSR count). The van der Waals surface area contributed by atoms with E-state index in [0.29, 0.717) is 0 Å². The first-order chi connectivity index (χ1) is 16.6. The van der Waals surface area contributed by atoms with Crippen LogP contribution in [0.4, 0.5) is 4.79 Å². The highest BCUT2D eigenvalue weighted by atomic mass is 16.5. The molecular weight excluding hydrogens is 444 g/mol. The number of benzene rings is 2. The molecule has 2 amide bonds. The zero-order chi connectivity index (χ0) is 25.2. The molecule has 0 spiro atoms. The molecule has 0 saturated heterocycles. The Morgan fingerprint density at radius 3 is 2.03 bits per heavy atom. The topological polar surface area (TPSA) is 105 Å². The van der Waals surface area contributed by atoms with Gasteiger partial charge in [0.25, 0.3) is 0 Å². The lowest BCUT2D eigenvalue weighted by Gasteiger charge is -2.36. The van der Waals surface area contributed by atoms with Gasteiger partial charge < -0.3 is 20.5 Å². The smallest absolute Gasteiger partial charge is 0.407 e. The lowest BCUT2D eigenvalue weighted by Crippen LogP contribution is -2.56. The van der Waals surface area contributed by atoms with Crippen LogP contribution in [-0.4, -0.2) is 41.8 Å². The van der Waals surface area contributed by atoms with Crippen LogP contribution in [0.2, 0.25) is 0 Å². The maximum Gasteiger partial charge on any atom is 0.407 e. The van der Waals surface area contributed by atoms with Crippen LogP contribution >= 0.6 is 0 Å². The van der Waals surface area contributed by atoms with Crippen LogP contribution in [0.3, 0.4) is 0 Å². The number of carbonyl (C=O) groups excluding carboxylic acids is 2. The molecule has 2 aromatic carbocycles. The monoisotopic (exact) mass is 478 g/mol. The van der Waals surface area contributed by atoms with Crippen molar-refractivity contribution in [3.05, 3.63) is 59.7 Å². The average Bonchev–Trinajstić information content (AvgIpc) is 3.08. The molecule has 0 heterocycles. The summed E-state index contributed by atoms with van der Waals surface area (Å²) in [6.07, 6.45) is 1.85. The Morgan fingerprint density at radius 1 is 0.971 bits per heavy atom. The second-order valence-corrected chi connectivity index (χ2v) is 10.7. The van der Waals surface area contributed by atoms with Crippen molar-refractivity contribution in [2.75, 3.05) is 6.61 Å². The summed E-state index contributed by atoms with van der Waals surface area (Å²) < 4.78 is 5.65. The van der Waals surface area contributed by atoms with Crippen molar-refractivity contribution in [3.8, 4) is 11.1 Å². The van der Waals surface area contributed by atoms with Crippen LogP contribution in [0.5, 0.6) is 0 Å². The second-order valence-electron chi connectivity index (χ2n) is 10.7. The molecule has 2 aliphatic rings. The third-order valence-corrected chi connectivity index (χ3v) is 7.26. The van der Waals surface area contributed by atoms with E-state index in [-0.39, 0.29) is 30.8 Å². The molecule has 186 valence electrons. The summed E-state index contributed by atoms with van der Waals surface area (Å²) in [6.45, 7) is 5.83. The summed E-state index contributed by atoms with van der Waals surface area (Å²) in [7, 11) is 0. The molecule has 3 N–H and O–H groups in total. The number of carboxylic acid groups (broad SMARTS) is 1. The molecule has 2 aliphatic carbocycles. The highest BCUT2D eigenvalue weighted by Crippen LogP contribution is 2.44. The predicted molar refractivity (Wildman–Crippen MR) is 133 cm³/mol. The standard InChI is InChI=1S/C28H34N2O5/c1-28(2,3)23(15-24(31)32)29-26(33)25(17-9-8-10-17)30-27(34)35-16-22-20-13-6-4-11-18(20)19-12-5-7-14-21(19)22/h4-7,11-14,17,22-23,25H,8-10,15-16H2,1-3H3,(H,29,33)(H,30,34)(H,31,32). The highest BCUT2D eigenvalue weighted by Gasteiger charge is 2.38. The number of carboxylic acids is 1. The average molecular weight is 479 g/mol. The third kappa shape index (κ3) is 5.50. The summed E-state index contributed by atoms with van der Waals surface area (Å²) in [5.74, 6) is -1.38. The van der Waals surface area contributed by atoms with Gasteiger partial charge in [0, 0.05) is 12.0 Å². The van der Waals surface area contributed by atoms with Crippen molar-refractivity contribution in [2.45, 2.75) is 64.5 Å². The van der Waals surface area contributed by atoms with E-state index >= 15 is 0 Å². The molecule has 2 aromatic rings. The fourth-order valence-corrected chi connectivity index (χ4v) is 4.95. The Balaban J connectivity index is 1.43. The van der Waals surface area contributed by atoms with Crippen molar-refractivity contribution >= 4 is 18.0 Å². The summed E-state index contributed by atoms with van der Waals surface area (Å²) in [4.78, 5) is 37.3. The Hall–Kier alpha value is -3.35. The Morgan fingerprint density at radius 2 is 1.54 bits per heavy atom. The highest BCUT2D eigenvalue weighted by molar-refractivity contribution is 5.87. The summed E-state index contributed by atoms with van der Waals surface area (Å²) in [5.41, 5.74) is 4.10. The van der Waals surface area contributed by atoms with Crippen LogP contribution in [0.25, 0.3) is 11.1 Å². The van der Waals surface area contributed by atoms with Gasteiger partial charge in [-0.05, 0) is 46.4 Å². The van der Waals surface area contributed by atoms with Gasteiger partial charge in [0.2, 0.25) is 5.91 Å². The van der Waals surface area contributed by atoms with Gasteiger partial charge in [-0.15, -0.1) is 0 Å². The minimum Gasteiger partial charge on any atom is -0.481 e. The van der Waals surface area contributed by atoms with Gasteiger partial charge in [-0.2, -0.15) is 0 Å². The lowest BCUT2D eigenvalue weighted by molar-refractivity contribution is -0.138. The summed E-state index contributed by atoms with van der Waals surface area (Å²) in [6, 6.07) is 14.9. The van der Waals surface area contributed by atoms with E-state index in [2.05, 4.69) is 34.9 Å². The summed E-state index contributed by atoms with van der Waals surface area (Å²) >= 11 is 0. The molecule has 1 fully saturated rings. The van der Waals surface area contributed by atoms with Crippen molar-refractivity contribution in [1.82, 2.24) is 10.6 Å². The van der Waals surface area contributed by atoms with Gasteiger partial charge in [0.05, 0.1) is 6.42 Å². The third-order valence-electron chi connectivity index (χ3n) is 7.26. The molecule has 0 radical (unpaired) electrons. The predicted octanol–water partition coefficient (Wildman–Crippen LogP) is 4.70. The number of nitrogens with one attached hydrogen (secondary N) is 2. The molecule has 0 aliphatic heterocycles. The first kappa shape index (κ1) is 24.8. The fraction of sp³-hybridized carbons (Fsp3) is 0.464. The number of amides is 2. The van der Waals surface area contributed by atoms with E-state index < -0.39 is 29.6 Å². The van der Waals surface area contributed by atoms with E-state index in [1.807, 2.05) is 45.0 Å². The number of rotatable bonds is 8. The molecular formula is C28H34N2O5. The Bertz CT molecular complexity index is 1060. The van der Waals surface area contributed by atoms with E-state index in [1.165, 1.54) is 0 Å². The van der Waals surface area contributed by atoms with E-state index in [0.717, 1.165) is 41.5 Å². The number of aliphatic carboxylic acids is 1. The number of hydrogen-bond acceptors (Lipinski definition) is 4. The van der Waals surface area contributed by atoms with Gasteiger partial charge >= 0.3 is 12.1 Å². The van der Waals surface area contributed by atoms with Crippen LogP contribution < -0.4 is 10.6 Å². The maximum atomic E-state index is 13.2. The van der Waals surface area contributed by atoms with E-state index in [9.17, 15) is 19.5 Å². The van der Waals surface area contributed by atoms with Crippen LogP contribution in [0, 0.1) is 11.3 Å². The second kappa shape index (κ2) is 10.1. The van der Waals surface area contributed by atoms with Crippen LogP contribution in [-0.2, 0) is 14.3 Å². The number of carbonyl (C=O) groups is 3. The first-order valence-corrected chi connectivity index (χ1v) is 12.3. The van der Waals surface area contributed by atoms with E-state index in [4.69, 9.17) is 4.74 Å². The van der Waals surface area contributed by atoms with Crippen molar-refractivity contribution in [1.29, 1.82) is 0 Å². The fourth-order valence-electron chi connectivity index (χ4n) is 4.95. The Kier molecular flexibility index (Phi) is 7.15. The summed E-state index contributed by atoms with van der Waals surface area (Å²) in [5, 5.41) is 14.9. The SMILES string of the molecule is CC(C)(C)C(CC(=O)O)NC(=O)C(NC(=O)OCC1c2ccccc2-c2ccccc21)C1CCC1. The van der Waals surface area contributed by atoms with Gasteiger partial charge in [-0.1, -0.05) is 75.7 Å². The maximum absolute atomic E-state index is 13.2. The molecule has 7 heteroatoms. The Labute approximate surface area is 206 Å².